The largest absolute Gasteiger partial charge is 0.497 e. The van der Waals surface area contributed by atoms with E-state index in [4.69, 9.17) is 18.9 Å². The van der Waals surface area contributed by atoms with E-state index in [2.05, 4.69) is 5.32 Å². The first-order chi connectivity index (χ1) is 17.0. The van der Waals surface area contributed by atoms with Gasteiger partial charge in [0.05, 0.1) is 26.9 Å². The normalized spacial score (nSPS) is 12.1. The lowest BCUT2D eigenvalue weighted by atomic mass is 10.0. The molecule has 3 rings (SSSR count). The van der Waals surface area contributed by atoms with Gasteiger partial charge in [-0.15, -0.1) is 0 Å². The van der Waals surface area contributed by atoms with E-state index in [1.54, 1.807) is 62.8 Å². The monoisotopic (exact) mass is 477 g/mol. The predicted molar refractivity (Wildman–Crippen MR) is 136 cm³/mol. The number of hydrogen-bond acceptors (Lipinski definition) is 7. The van der Waals surface area contributed by atoms with Gasteiger partial charge in [-0.1, -0.05) is 42.5 Å². The maximum Gasteiger partial charge on any atom is 0.338 e. The molecule has 7 nitrogen and oxygen atoms in total. The standard InChI is InChI=1S/C28H31NO6/c1-32-25-13-21(14-26(16-25)33-2)15-27(28(31)34-3)22-9-11-24(12-10-22)35-19-23(30)18-29-17-20-7-5-4-6-8-20/h4-16,23,29-30H,17-19H2,1-3H3. The highest BCUT2D eigenvalue weighted by Gasteiger charge is 2.14. The Labute approximate surface area is 205 Å². The fourth-order valence-electron chi connectivity index (χ4n) is 3.41. The van der Waals surface area contributed by atoms with Gasteiger partial charge in [-0.2, -0.15) is 0 Å². The number of aliphatic hydroxyl groups is 1. The van der Waals surface area contributed by atoms with Crippen LogP contribution in [0.1, 0.15) is 16.7 Å². The molecule has 0 spiro atoms. The summed E-state index contributed by atoms with van der Waals surface area (Å²) in [6, 6.07) is 22.4. The summed E-state index contributed by atoms with van der Waals surface area (Å²) in [7, 11) is 4.48. The zero-order valence-corrected chi connectivity index (χ0v) is 20.2. The molecule has 1 atom stereocenters. The van der Waals surface area contributed by atoms with Crippen LogP contribution in [0, 0.1) is 0 Å². The number of ether oxygens (including phenoxy) is 4. The van der Waals surface area contributed by atoms with Crippen LogP contribution in [0.3, 0.4) is 0 Å². The molecule has 0 radical (unpaired) electrons. The van der Waals surface area contributed by atoms with Gasteiger partial charge in [-0.25, -0.2) is 4.79 Å². The molecule has 0 aliphatic heterocycles. The molecule has 0 aliphatic carbocycles. The maximum atomic E-state index is 12.5. The lowest BCUT2D eigenvalue weighted by molar-refractivity contribution is -0.133. The number of aliphatic hydroxyl groups excluding tert-OH is 1. The van der Waals surface area contributed by atoms with E-state index in [1.165, 1.54) is 7.11 Å². The zero-order valence-electron chi connectivity index (χ0n) is 20.2. The third-order valence-corrected chi connectivity index (χ3v) is 5.25. The van der Waals surface area contributed by atoms with Gasteiger partial charge in [0, 0.05) is 19.2 Å². The van der Waals surface area contributed by atoms with Crippen LogP contribution in [0.2, 0.25) is 0 Å². The highest BCUT2D eigenvalue weighted by molar-refractivity contribution is 6.21. The number of rotatable bonds is 12. The molecule has 0 fully saturated rings. The lowest BCUT2D eigenvalue weighted by Gasteiger charge is -2.14. The smallest absolute Gasteiger partial charge is 0.338 e. The molecule has 7 heteroatoms. The number of carbonyl (C=O) groups is 1. The molecule has 1 unspecified atom stereocenters. The second-order valence-electron chi connectivity index (χ2n) is 7.80. The average molecular weight is 478 g/mol. The molecule has 3 aromatic carbocycles. The third kappa shape index (κ3) is 7.88. The summed E-state index contributed by atoms with van der Waals surface area (Å²) in [6.45, 7) is 1.23. The Morgan fingerprint density at radius 3 is 2.17 bits per heavy atom. The first-order valence-electron chi connectivity index (χ1n) is 11.2. The molecule has 2 N–H and O–H groups in total. The Bertz CT molecular complexity index is 1090. The van der Waals surface area contributed by atoms with Crippen molar-refractivity contribution >= 4 is 17.6 Å². The summed E-state index contributed by atoms with van der Waals surface area (Å²) >= 11 is 0. The molecule has 0 aromatic heterocycles. The predicted octanol–water partition coefficient (Wildman–Crippen LogP) is 3.95. The van der Waals surface area contributed by atoms with Gasteiger partial charge < -0.3 is 29.4 Å². The molecule has 184 valence electrons. The molecule has 0 aliphatic rings. The Balaban J connectivity index is 1.63. The molecule has 0 amide bonds. The maximum absolute atomic E-state index is 12.5. The topological polar surface area (TPSA) is 86.3 Å². The van der Waals surface area contributed by atoms with Crippen molar-refractivity contribution in [2.24, 2.45) is 0 Å². The summed E-state index contributed by atoms with van der Waals surface area (Å²) < 4.78 is 21.3. The number of benzene rings is 3. The summed E-state index contributed by atoms with van der Waals surface area (Å²) in [5.74, 6) is 1.34. The van der Waals surface area contributed by atoms with Gasteiger partial charge in [0.2, 0.25) is 0 Å². The number of esters is 1. The highest BCUT2D eigenvalue weighted by Crippen LogP contribution is 2.27. The first kappa shape index (κ1) is 25.8. The van der Waals surface area contributed by atoms with E-state index in [-0.39, 0.29) is 6.61 Å². The second kappa shape index (κ2) is 13.2. The molecule has 0 heterocycles. The molecule has 0 saturated heterocycles. The van der Waals surface area contributed by atoms with E-state index in [0.717, 1.165) is 11.1 Å². The average Bonchev–Trinajstić information content (AvgIpc) is 2.90. The van der Waals surface area contributed by atoms with Crippen molar-refractivity contribution in [1.29, 1.82) is 0 Å². The van der Waals surface area contributed by atoms with Crippen LogP contribution in [-0.4, -0.2) is 51.7 Å². The van der Waals surface area contributed by atoms with Crippen molar-refractivity contribution < 1.29 is 28.8 Å². The second-order valence-corrected chi connectivity index (χ2v) is 7.80. The quantitative estimate of drug-likeness (QED) is 0.232. The third-order valence-electron chi connectivity index (χ3n) is 5.25. The zero-order chi connectivity index (χ0) is 25.0. The summed E-state index contributed by atoms with van der Waals surface area (Å²) in [6.07, 6.45) is 1.06. The van der Waals surface area contributed by atoms with Crippen LogP contribution in [0.15, 0.2) is 72.8 Å². The Morgan fingerprint density at radius 1 is 0.914 bits per heavy atom. The van der Waals surface area contributed by atoms with Crippen LogP contribution in [-0.2, 0) is 16.1 Å². The fourth-order valence-corrected chi connectivity index (χ4v) is 3.41. The Hall–Kier alpha value is -3.81. The van der Waals surface area contributed by atoms with Crippen molar-refractivity contribution in [2.75, 3.05) is 34.5 Å². The van der Waals surface area contributed by atoms with Crippen LogP contribution >= 0.6 is 0 Å². The van der Waals surface area contributed by atoms with Gasteiger partial charge in [0.15, 0.2) is 0 Å². The minimum absolute atomic E-state index is 0.143. The van der Waals surface area contributed by atoms with E-state index < -0.39 is 12.1 Å². The lowest BCUT2D eigenvalue weighted by Crippen LogP contribution is -2.31. The summed E-state index contributed by atoms with van der Waals surface area (Å²) in [5, 5.41) is 13.4. The van der Waals surface area contributed by atoms with Crippen LogP contribution < -0.4 is 19.5 Å². The van der Waals surface area contributed by atoms with Crippen molar-refractivity contribution in [3.8, 4) is 17.2 Å². The van der Waals surface area contributed by atoms with Crippen molar-refractivity contribution in [1.82, 2.24) is 5.32 Å². The molecule has 35 heavy (non-hydrogen) atoms. The fraction of sp³-hybridized carbons (Fsp3) is 0.250. The van der Waals surface area contributed by atoms with Crippen molar-refractivity contribution in [3.05, 3.63) is 89.5 Å². The van der Waals surface area contributed by atoms with Crippen LogP contribution in [0.5, 0.6) is 17.2 Å². The number of hydrogen-bond donors (Lipinski definition) is 2. The van der Waals surface area contributed by atoms with E-state index in [0.29, 0.717) is 41.5 Å². The molecular formula is C28H31NO6. The van der Waals surface area contributed by atoms with E-state index in [1.807, 2.05) is 30.3 Å². The van der Waals surface area contributed by atoms with E-state index >= 15 is 0 Å². The molecule has 0 saturated carbocycles. The Morgan fingerprint density at radius 2 is 1.57 bits per heavy atom. The van der Waals surface area contributed by atoms with Gasteiger partial charge in [-0.3, -0.25) is 0 Å². The Kier molecular flexibility index (Phi) is 9.71. The number of methoxy groups -OCH3 is 3. The highest BCUT2D eigenvalue weighted by atomic mass is 16.5. The molecule has 0 bridgehead atoms. The van der Waals surface area contributed by atoms with Crippen LogP contribution in [0.4, 0.5) is 0 Å². The van der Waals surface area contributed by atoms with Gasteiger partial charge in [0.25, 0.3) is 0 Å². The molecule has 3 aromatic rings. The summed E-state index contributed by atoms with van der Waals surface area (Å²) in [4.78, 5) is 12.5. The van der Waals surface area contributed by atoms with Gasteiger partial charge >= 0.3 is 5.97 Å². The summed E-state index contributed by atoms with van der Waals surface area (Å²) in [5.41, 5.74) is 2.92. The number of carbonyl (C=O) groups excluding carboxylic acids is 1. The molecular weight excluding hydrogens is 446 g/mol. The SMILES string of the molecule is COC(=O)C(=Cc1cc(OC)cc(OC)c1)c1ccc(OCC(O)CNCc2ccccc2)cc1. The number of nitrogens with one attached hydrogen (secondary N) is 1. The van der Waals surface area contributed by atoms with Crippen molar-refractivity contribution in [2.45, 2.75) is 12.6 Å². The van der Waals surface area contributed by atoms with Gasteiger partial charge in [-0.05, 0) is 47.0 Å². The van der Waals surface area contributed by atoms with E-state index in [9.17, 15) is 9.90 Å². The minimum atomic E-state index is -0.660. The first-order valence-corrected chi connectivity index (χ1v) is 11.2. The van der Waals surface area contributed by atoms with Gasteiger partial charge in [0.1, 0.15) is 30.0 Å². The van der Waals surface area contributed by atoms with Crippen LogP contribution in [0.25, 0.3) is 11.6 Å². The minimum Gasteiger partial charge on any atom is -0.497 e. The van der Waals surface area contributed by atoms with Crippen molar-refractivity contribution in [3.63, 3.8) is 0 Å².